The van der Waals surface area contributed by atoms with Crippen LogP contribution in [0.5, 0.6) is 0 Å². The standard InChI is InChI=1S/C9H10Cl2F2N2O2S/c1-15(4-7(12)13)18(16,17)6-3-2-5(10)9(14)8(6)11/h2-3,7H,4,14H2,1H3. The third-order valence-corrected chi connectivity index (χ3v) is 4.89. The fraction of sp³-hybridized carbons (Fsp3) is 0.333. The third-order valence-electron chi connectivity index (χ3n) is 2.17. The van der Waals surface area contributed by atoms with Crippen molar-refractivity contribution in [2.45, 2.75) is 11.3 Å². The lowest BCUT2D eigenvalue weighted by Crippen LogP contribution is -2.31. The molecule has 1 rings (SSSR count). The molecule has 0 saturated heterocycles. The highest BCUT2D eigenvalue weighted by Gasteiger charge is 2.27. The molecular weight excluding hydrogens is 309 g/mol. The normalized spacial score (nSPS) is 12.4. The maximum atomic E-state index is 12.2. The minimum absolute atomic E-state index is 0.0930. The number of hydrogen-bond acceptors (Lipinski definition) is 3. The number of hydrogen-bond donors (Lipinski definition) is 1. The van der Waals surface area contributed by atoms with E-state index in [4.69, 9.17) is 28.9 Å². The molecule has 0 atom stereocenters. The lowest BCUT2D eigenvalue weighted by Gasteiger charge is -2.18. The first kappa shape index (κ1) is 15.4. The number of nitrogens with zero attached hydrogens (tertiary/aromatic N) is 1. The van der Waals surface area contributed by atoms with Gasteiger partial charge in [-0.2, -0.15) is 4.31 Å². The lowest BCUT2D eigenvalue weighted by molar-refractivity contribution is 0.126. The highest BCUT2D eigenvalue weighted by molar-refractivity contribution is 7.89. The topological polar surface area (TPSA) is 63.4 Å². The Morgan fingerprint density at radius 3 is 2.44 bits per heavy atom. The zero-order chi connectivity index (χ0) is 14.1. The molecular formula is C9H10Cl2F2N2O2S. The van der Waals surface area contributed by atoms with E-state index >= 15 is 0 Å². The number of rotatable bonds is 4. The molecule has 2 N–H and O–H groups in total. The van der Waals surface area contributed by atoms with Gasteiger partial charge in [-0.15, -0.1) is 0 Å². The number of halogens is 4. The molecule has 0 bridgehead atoms. The van der Waals surface area contributed by atoms with Crippen LogP contribution in [0.1, 0.15) is 0 Å². The molecule has 18 heavy (non-hydrogen) atoms. The predicted octanol–water partition coefficient (Wildman–Crippen LogP) is 2.46. The third kappa shape index (κ3) is 3.03. The summed E-state index contributed by atoms with van der Waals surface area (Å²) in [7, 11) is -3.09. The van der Waals surface area contributed by atoms with Crippen LogP contribution in [0.3, 0.4) is 0 Å². The van der Waals surface area contributed by atoms with Crippen molar-refractivity contribution in [1.29, 1.82) is 0 Å². The van der Waals surface area contributed by atoms with Crippen molar-refractivity contribution in [2.75, 3.05) is 19.3 Å². The summed E-state index contributed by atoms with van der Waals surface area (Å²) < 4.78 is 48.8. The molecule has 0 aliphatic carbocycles. The van der Waals surface area contributed by atoms with Gasteiger partial charge in [0, 0.05) is 7.05 Å². The Morgan fingerprint density at radius 1 is 1.39 bits per heavy atom. The number of sulfonamides is 1. The van der Waals surface area contributed by atoms with Crippen LogP contribution < -0.4 is 5.73 Å². The number of anilines is 1. The van der Waals surface area contributed by atoms with E-state index in [1.165, 1.54) is 6.07 Å². The van der Waals surface area contributed by atoms with Gasteiger partial charge >= 0.3 is 0 Å². The molecule has 102 valence electrons. The summed E-state index contributed by atoms with van der Waals surface area (Å²) in [5.74, 6) is 0. The average molecular weight is 319 g/mol. The Bertz CT molecular complexity index is 552. The molecule has 0 spiro atoms. The van der Waals surface area contributed by atoms with E-state index in [0.717, 1.165) is 13.1 Å². The molecule has 0 saturated carbocycles. The number of benzene rings is 1. The van der Waals surface area contributed by atoms with E-state index in [0.29, 0.717) is 4.31 Å². The van der Waals surface area contributed by atoms with Crippen molar-refractivity contribution in [3.8, 4) is 0 Å². The maximum Gasteiger partial charge on any atom is 0.252 e. The second kappa shape index (κ2) is 5.56. The van der Waals surface area contributed by atoms with Gasteiger partial charge in [-0.3, -0.25) is 0 Å². The average Bonchev–Trinajstić information content (AvgIpc) is 2.24. The van der Waals surface area contributed by atoms with Gasteiger partial charge < -0.3 is 5.73 Å². The SMILES string of the molecule is CN(CC(F)F)S(=O)(=O)c1ccc(Cl)c(N)c1Cl. The Hall–Kier alpha value is -0.630. The Morgan fingerprint density at radius 2 is 1.94 bits per heavy atom. The first-order valence-electron chi connectivity index (χ1n) is 4.66. The fourth-order valence-corrected chi connectivity index (χ4v) is 3.09. The van der Waals surface area contributed by atoms with Crippen LogP contribution in [-0.2, 0) is 10.0 Å². The van der Waals surface area contributed by atoms with Gasteiger partial charge in [-0.25, -0.2) is 17.2 Å². The summed E-state index contributed by atoms with van der Waals surface area (Å²) in [6.45, 7) is -0.929. The second-order valence-corrected chi connectivity index (χ2v) is 6.25. The molecule has 1 aromatic carbocycles. The van der Waals surface area contributed by atoms with Crippen LogP contribution in [-0.4, -0.2) is 32.7 Å². The van der Waals surface area contributed by atoms with Crippen LogP contribution in [0.4, 0.5) is 14.5 Å². The quantitative estimate of drug-likeness (QED) is 0.867. The minimum atomic E-state index is -4.12. The van der Waals surface area contributed by atoms with Crippen molar-refractivity contribution in [3.63, 3.8) is 0 Å². The highest BCUT2D eigenvalue weighted by Crippen LogP contribution is 2.34. The molecule has 1 aromatic rings. The fourth-order valence-electron chi connectivity index (χ4n) is 1.21. The molecule has 0 aromatic heterocycles. The van der Waals surface area contributed by atoms with E-state index < -0.39 is 23.0 Å². The van der Waals surface area contributed by atoms with Crippen molar-refractivity contribution in [3.05, 3.63) is 22.2 Å². The molecule has 0 aliphatic heterocycles. The second-order valence-electron chi connectivity index (χ2n) is 3.45. The molecule has 0 unspecified atom stereocenters. The van der Waals surface area contributed by atoms with Gasteiger partial charge in [0.1, 0.15) is 4.90 Å². The zero-order valence-electron chi connectivity index (χ0n) is 9.20. The summed E-state index contributed by atoms with van der Waals surface area (Å²) in [5, 5.41) is -0.181. The van der Waals surface area contributed by atoms with E-state index in [-0.39, 0.29) is 20.6 Å². The van der Waals surface area contributed by atoms with Gasteiger partial charge in [0.05, 0.1) is 22.3 Å². The van der Waals surface area contributed by atoms with Crippen LogP contribution in [0.2, 0.25) is 10.0 Å². The first-order valence-corrected chi connectivity index (χ1v) is 6.85. The summed E-state index contributed by atoms with van der Waals surface area (Å²) in [6.07, 6.45) is -2.78. The van der Waals surface area contributed by atoms with E-state index in [9.17, 15) is 17.2 Å². The van der Waals surface area contributed by atoms with Crippen molar-refractivity contribution >= 4 is 38.9 Å². The van der Waals surface area contributed by atoms with Crippen molar-refractivity contribution in [1.82, 2.24) is 4.31 Å². The molecule has 0 heterocycles. The van der Waals surface area contributed by atoms with Gasteiger partial charge in [0.15, 0.2) is 0 Å². The zero-order valence-corrected chi connectivity index (χ0v) is 11.5. The Balaban J connectivity index is 3.25. The van der Waals surface area contributed by atoms with Crippen LogP contribution in [0.25, 0.3) is 0 Å². The van der Waals surface area contributed by atoms with Crippen LogP contribution in [0.15, 0.2) is 17.0 Å². The Kier molecular flexibility index (Phi) is 4.77. The molecule has 0 amide bonds. The highest BCUT2D eigenvalue weighted by atomic mass is 35.5. The van der Waals surface area contributed by atoms with Crippen LogP contribution >= 0.6 is 23.2 Å². The van der Waals surface area contributed by atoms with E-state index in [1.54, 1.807) is 0 Å². The summed E-state index contributed by atoms with van der Waals surface area (Å²) >= 11 is 11.4. The lowest BCUT2D eigenvalue weighted by atomic mass is 10.3. The molecule has 0 aliphatic rings. The summed E-state index contributed by atoms with van der Waals surface area (Å²) in [6, 6.07) is 2.37. The summed E-state index contributed by atoms with van der Waals surface area (Å²) in [4.78, 5) is -0.353. The van der Waals surface area contributed by atoms with Crippen LogP contribution in [0, 0.1) is 0 Å². The van der Waals surface area contributed by atoms with Gasteiger partial charge in [0.2, 0.25) is 10.0 Å². The Labute approximate surface area is 113 Å². The van der Waals surface area contributed by atoms with Crippen molar-refractivity contribution < 1.29 is 17.2 Å². The smallest absolute Gasteiger partial charge is 0.252 e. The minimum Gasteiger partial charge on any atom is -0.396 e. The monoisotopic (exact) mass is 318 g/mol. The largest absolute Gasteiger partial charge is 0.396 e. The van der Waals surface area contributed by atoms with Crippen molar-refractivity contribution in [2.24, 2.45) is 0 Å². The molecule has 0 radical (unpaired) electrons. The maximum absolute atomic E-state index is 12.2. The molecule has 9 heteroatoms. The van der Waals surface area contributed by atoms with Gasteiger partial charge in [-0.05, 0) is 12.1 Å². The number of alkyl halides is 2. The number of nitrogens with two attached hydrogens (primary N) is 1. The summed E-state index contributed by atoms with van der Waals surface area (Å²) in [5.41, 5.74) is 5.38. The number of nitrogen functional groups attached to an aromatic ring is 1. The predicted molar refractivity (Wildman–Crippen MR) is 66.7 cm³/mol. The van der Waals surface area contributed by atoms with Gasteiger partial charge in [0.25, 0.3) is 6.43 Å². The van der Waals surface area contributed by atoms with E-state index in [1.807, 2.05) is 0 Å². The van der Waals surface area contributed by atoms with E-state index in [2.05, 4.69) is 0 Å². The molecule has 4 nitrogen and oxygen atoms in total. The first-order chi connectivity index (χ1) is 8.17. The van der Waals surface area contributed by atoms with Gasteiger partial charge in [-0.1, -0.05) is 23.2 Å². The molecule has 0 fully saturated rings.